The van der Waals surface area contributed by atoms with E-state index < -0.39 is 0 Å². The summed E-state index contributed by atoms with van der Waals surface area (Å²) in [5.74, 6) is 2.20. The number of aromatic nitrogens is 3. The Morgan fingerprint density at radius 2 is 1.93 bits per heavy atom. The molecule has 1 amide bonds. The van der Waals surface area contributed by atoms with Crippen LogP contribution in [0.5, 0.6) is 0 Å². The van der Waals surface area contributed by atoms with Crippen molar-refractivity contribution in [1.82, 2.24) is 20.3 Å². The van der Waals surface area contributed by atoms with Gasteiger partial charge in [0, 0.05) is 37.7 Å². The maximum absolute atomic E-state index is 13.0. The van der Waals surface area contributed by atoms with Gasteiger partial charge < -0.3 is 18.6 Å². The summed E-state index contributed by atoms with van der Waals surface area (Å²) >= 11 is 0. The van der Waals surface area contributed by atoms with Gasteiger partial charge in [-0.25, -0.2) is 0 Å². The second-order valence-corrected chi connectivity index (χ2v) is 7.64. The van der Waals surface area contributed by atoms with Crippen LogP contribution in [0.15, 0.2) is 15.0 Å². The molecule has 2 fully saturated rings. The Hall–Kier alpha value is -2.22. The SMILES string of the molecule is CC(C)c1cc(C(=O)N2CCCC[C@H]2c2nnc(C3CCOCC3)o2)no1. The number of hydrogen-bond acceptors (Lipinski definition) is 7. The molecule has 27 heavy (non-hydrogen) atoms. The number of piperidine rings is 1. The zero-order chi connectivity index (χ0) is 18.8. The van der Waals surface area contributed by atoms with Crippen LogP contribution in [0.1, 0.15) is 91.9 Å². The molecule has 2 aromatic heterocycles. The minimum Gasteiger partial charge on any atom is -0.423 e. The Morgan fingerprint density at radius 3 is 2.67 bits per heavy atom. The molecule has 0 N–H and O–H groups in total. The van der Waals surface area contributed by atoms with E-state index in [9.17, 15) is 4.79 Å². The molecule has 0 aliphatic carbocycles. The molecule has 0 radical (unpaired) electrons. The average molecular weight is 374 g/mol. The van der Waals surface area contributed by atoms with Crippen molar-refractivity contribution in [2.24, 2.45) is 0 Å². The summed E-state index contributed by atoms with van der Waals surface area (Å²) in [5, 5.41) is 12.5. The van der Waals surface area contributed by atoms with Crippen LogP contribution in [0.2, 0.25) is 0 Å². The summed E-state index contributed by atoms with van der Waals surface area (Å²) in [6, 6.07) is 1.53. The Balaban J connectivity index is 1.53. The summed E-state index contributed by atoms with van der Waals surface area (Å²) in [7, 11) is 0. The summed E-state index contributed by atoms with van der Waals surface area (Å²) in [5.41, 5.74) is 0.342. The van der Waals surface area contributed by atoms with Gasteiger partial charge in [0.1, 0.15) is 11.8 Å². The summed E-state index contributed by atoms with van der Waals surface area (Å²) in [6.45, 7) is 6.12. The predicted molar refractivity (Wildman–Crippen MR) is 95.3 cm³/mol. The van der Waals surface area contributed by atoms with Crippen molar-refractivity contribution >= 4 is 5.91 Å². The van der Waals surface area contributed by atoms with E-state index in [-0.39, 0.29) is 23.8 Å². The number of nitrogens with zero attached hydrogens (tertiary/aromatic N) is 4. The fourth-order valence-electron chi connectivity index (χ4n) is 3.73. The average Bonchev–Trinajstić information content (AvgIpc) is 3.38. The van der Waals surface area contributed by atoms with Gasteiger partial charge in [0.25, 0.3) is 5.91 Å². The highest BCUT2D eigenvalue weighted by atomic mass is 16.5. The van der Waals surface area contributed by atoms with Crippen molar-refractivity contribution in [3.8, 4) is 0 Å². The van der Waals surface area contributed by atoms with Crippen molar-refractivity contribution < 1.29 is 18.5 Å². The van der Waals surface area contributed by atoms with Crippen LogP contribution in [0.25, 0.3) is 0 Å². The molecule has 0 bridgehead atoms. The molecule has 2 aliphatic rings. The van der Waals surface area contributed by atoms with Crippen LogP contribution in [-0.2, 0) is 4.74 Å². The van der Waals surface area contributed by atoms with Crippen molar-refractivity contribution in [3.63, 3.8) is 0 Å². The highest BCUT2D eigenvalue weighted by Gasteiger charge is 2.34. The van der Waals surface area contributed by atoms with Crippen molar-refractivity contribution in [1.29, 1.82) is 0 Å². The van der Waals surface area contributed by atoms with Crippen molar-refractivity contribution in [2.45, 2.75) is 63.8 Å². The van der Waals surface area contributed by atoms with Gasteiger partial charge in [-0.05, 0) is 32.1 Å². The standard InChI is InChI=1S/C19H26N4O4/c1-12(2)16-11-14(22-27-16)19(24)23-8-4-3-5-15(23)18-21-20-17(26-18)13-6-9-25-10-7-13/h11-13,15H,3-10H2,1-2H3/t15-/m0/s1. The number of hydrogen-bond donors (Lipinski definition) is 0. The van der Waals surface area contributed by atoms with E-state index in [1.807, 2.05) is 13.8 Å². The lowest BCUT2D eigenvalue weighted by Crippen LogP contribution is -2.38. The Labute approximate surface area is 158 Å². The quantitative estimate of drug-likeness (QED) is 0.809. The molecule has 146 valence electrons. The normalized spacial score (nSPS) is 21.7. The number of rotatable bonds is 4. The van der Waals surface area contributed by atoms with Gasteiger partial charge in [0.15, 0.2) is 5.69 Å². The summed E-state index contributed by atoms with van der Waals surface area (Å²) < 4.78 is 16.7. The molecule has 2 aromatic rings. The molecule has 2 saturated heterocycles. The minimum absolute atomic E-state index is 0.138. The molecule has 0 unspecified atom stereocenters. The van der Waals surface area contributed by atoms with E-state index in [0.717, 1.165) is 45.3 Å². The number of carbonyl (C=O) groups excluding carboxylic acids is 1. The zero-order valence-corrected chi connectivity index (χ0v) is 15.9. The third-order valence-corrected chi connectivity index (χ3v) is 5.39. The first-order valence-electron chi connectivity index (χ1n) is 9.82. The van der Waals surface area contributed by atoms with Gasteiger partial charge in [-0.15, -0.1) is 10.2 Å². The van der Waals surface area contributed by atoms with Gasteiger partial charge in [-0.3, -0.25) is 4.79 Å². The maximum Gasteiger partial charge on any atom is 0.276 e. The third-order valence-electron chi connectivity index (χ3n) is 5.39. The predicted octanol–water partition coefficient (Wildman–Crippen LogP) is 3.44. The molecule has 0 aromatic carbocycles. The van der Waals surface area contributed by atoms with E-state index in [2.05, 4.69) is 15.4 Å². The van der Waals surface area contributed by atoms with Crippen molar-refractivity contribution in [2.75, 3.05) is 19.8 Å². The van der Waals surface area contributed by atoms with Crippen LogP contribution in [-0.4, -0.2) is 45.9 Å². The summed E-state index contributed by atoms with van der Waals surface area (Å²) in [6.07, 6.45) is 4.59. The van der Waals surface area contributed by atoms with Gasteiger partial charge in [0.2, 0.25) is 11.8 Å². The van der Waals surface area contributed by atoms with Crippen LogP contribution in [0.3, 0.4) is 0 Å². The first-order valence-corrected chi connectivity index (χ1v) is 9.82. The minimum atomic E-state index is -0.202. The fraction of sp³-hybridized carbons (Fsp3) is 0.684. The second kappa shape index (κ2) is 7.80. The molecule has 2 aliphatic heterocycles. The van der Waals surface area contributed by atoms with Gasteiger partial charge >= 0.3 is 0 Å². The van der Waals surface area contributed by atoms with E-state index in [0.29, 0.717) is 29.8 Å². The number of carbonyl (C=O) groups is 1. The van der Waals surface area contributed by atoms with Gasteiger partial charge in [-0.2, -0.15) is 0 Å². The van der Waals surface area contributed by atoms with Gasteiger partial charge in [-0.1, -0.05) is 19.0 Å². The first-order chi connectivity index (χ1) is 13.1. The van der Waals surface area contributed by atoms with Crippen molar-refractivity contribution in [3.05, 3.63) is 29.3 Å². The molecular formula is C19H26N4O4. The lowest BCUT2D eigenvalue weighted by molar-refractivity contribution is 0.0551. The van der Waals surface area contributed by atoms with E-state index in [1.165, 1.54) is 0 Å². The number of ether oxygens (including phenoxy) is 1. The van der Waals surface area contributed by atoms with E-state index >= 15 is 0 Å². The lowest BCUT2D eigenvalue weighted by atomic mass is 10.0. The fourth-order valence-corrected chi connectivity index (χ4v) is 3.73. The number of amides is 1. The zero-order valence-electron chi connectivity index (χ0n) is 15.9. The number of likely N-dealkylation sites (tertiary alicyclic amines) is 1. The Morgan fingerprint density at radius 1 is 1.15 bits per heavy atom. The molecule has 0 saturated carbocycles. The Kier molecular flexibility index (Phi) is 5.24. The van der Waals surface area contributed by atoms with Crippen LogP contribution in [0, 0.1) is 0 Å². The Bertz CT molecular complexity index is 778. The highest BCUT2D eigenvalue weighted by molar-refractivity contribution is 5.92. The van der Waals surface area contributed by atoms with Gasteiger partial charge in [0.05, 0.1) is 0 Å². The highest BCUT2D eigenvalue weighted by Crippen LogP contribution is 2.34. The monoisotopic (exact) mass is 374 g/mol. The third kappa shape index (κ3) is 3.76. The smallest absolute Gasteiger partial charge is 0.276 e. The van der Waals surface area contributed by atoms with Crippen LogP contribution in [0.4, 0.5) is 0 Å². The molecule has 8 heteroatoms. The van der Waals surface area contributed by atoms with Crippen LogP contribution >= 0.6 is 0 Å². The molecule has 1 atom stereocenters. The molecule has 0 spiro atoms. The molecular weight excluding hydrogens is 348 g/mol. The van der Waals surface area contributed by atoms with E-state index in [4.69, 9.17) is 13.7 Å². The topological polar surface area (TPSA) is 94.5 Å². The second-order valence-electron chi connectivity index (χ2n) is 7.64. The van der Waals surface area contributed by atoms with Crippen LogP contribution < -0.4 is 0 Å². The summed E-state index contributed by atoms with van der Waals surface area (Å²) in [4.78, 5) is 14.8. The molecule has 8 nitrogen and oxygen atoms in total. The molecule has 4 heterocycles. The molecule has 4 rings (SSSR count). The first kappa shape index (κ1) is 18.2. The lowest BCUT2D eigenvalue weighted by Gasteiger charge is -2.32. The maximum atomic E-state index is 13.0. The largest absolute Gasteiger partial charge is 0.423 e. The van der Waals surface area contributed by atoms with E-state index in [1.54, 1.807) is 11.0 Å².